The minimum Gasteiger partial charge on any atom is -0.466 e. The number of carbonyl (C=O) groups is 2. The van der Waals surface area contributed by atoms with E-state index in [2.05, 4.69) is 24.0 Å². The predicted molar refractivity (Wildman–Crippen MR) is 151 cm³/mol. The Labute approximate surface area is 234 Å². The zero-order chi connectivity index (χ0) is 28.9. The van der Waals surface area contributed by atoms with E-state index in [1.165, 1.54) is 24.8 Å². The number of non-ortho nitro benzene ring substituents is 1. The van der Waals surface area contributed by atoms with Crippen LogP contribution < -0.4 is 5.32 Å². The van der Waals surface area contributed by atoms with Gasteiger partial charge in [0.05, 0.1) is 42.2 Å². The van der Waals surface area contributed by atoms with Crippen molar-refractivity contribution >= 4 is 17.6 Å². The van der Waals surface area contributed by atoms with Gasteiger partial charge in [-0.15, -0.1) is 0 Å². The number of allylic oxidation sites excluding steroid dienone is 2. The van der Waals surface area contributed by atoms with Gasteiger partial charge in [-0.1, -0.05) is 49.0 Å². The summed E-state index contributed by atoms with van der Waals surface area (Å²) < 4.78 is 12.0. The topological polar surface area (TPSA) is 108 Å². The summed E-state index contributed by atoms with van der Waals surface area (Å²) in [6.07, 6.45) is 3.18. The van der Waals surface area contributed by atoms with Crippen molar-refractivity contribution in [1.29, 1.82) is 0 Å². The van der Waals surface area contributed by atoms with Crippen LogP contribution in [0.15, 0.2) is 89.8 Å². The van der Waals surface area contributed by atoms with E-state index in [-0.39, 0.29) is 22.9 Å². The average Bonchev–Trinajstić information content (AvgIpc) is 2.93. The first-order valence-electron chi connectivity index (χ1n) is 13.4. The lowest BCUT2D eigenvalue weighted by Crippen LogP contribution is -2.56. The largest absolute Gasteiger partial charge is 0.466 e. The van der Waals surface area contributed by atoms with Gasteiger partial charge in [0, 0.05) is 35.5 Å². The third-order valence-electron chi connectivity index (χ3n) is 7.70. The van der Waals surface area contributed by atoms with Crippen LogP contribution in [0.3, 0.4) is 0 Å². The highest BCUT2D eigenvalue weighted by molar-refractivity contribution is 6.00. The number of nitrogens with zero attached hydrogens (tertiary/aromatic N) is 2. The SMILES string of the molecule is C=CC[N+]1(Cc2ccccc2)CCC[C@@H](OC(=O)C2=C(C)NC(C)=C(C(=O)OC)[C@@H]2c2cccc([N+](=O)[O-])c2)C1. The molecule has 1 saturated heterocycles. The Morgan fingerprint density at radius 1 is 1.10 bits per heavy atom. The van der Waals surface area contributed by atoms with Gasteiger partial charge in [-0.2, -0.15) is 0 Å². The van der Waals surface area contributed by atoms with Gasteiger partial charge in [0.1, 0.15) is 13.1 Å². The second-order valence-electron chi connectivity index (χ2n) is 10.5. The Kier molecular flexibility index (Phi) is 8.84. The van der Waals surface area contributed by atoms with Crippen LogP contribution in [0.25, 0.3) is 0 Å². The Bertz CT molecular complexity index is 1370. The van der Waals surface area contributed by atoms with E-state index in [4.69, 9.17) is 9.47 Å². The van der Waals surface area contributed by atoms with E-state index in [1.807, 2.05) is 24.3 Å². The van der Waals surface area contributed by atoms with Crippen molar-refractivity contribution in [3.8, 4) is 0 Å². The maximum Gasteiger partial charge on any atom is 0.337 e. The van der Waals surface area contributed by atoms with Gasteiger partial charge in [0.2, 0.25) is 0 Å². The maximum absolute atomic E-state index is 13.9. The first kappa shape index (κ1) is 28.8. The fourth-order valence-corrected chi connectivity index (χ4v) is 5.99. The van der Waals surface area contributed by atoms with Crippen LogP contribution in [0, 0.1) is 10.1 Å². The van der Waals surface area contributed by atoms with E-state index in [0.29, 0.717) is 23.5 Å². The smallest absolute Gasteiger partial charge is 0.337 e. The number of nitrogens with one attached hydrogen (secondary N) is 1. The molecule has 0 bridgehead atoms. The molecular weight excluding hydrogens is 510 g/mol. The second-order valence-corrected chi connectivity index (χ2v) is 10.5. The number of hydrogen-bond acceptors (Lipinski definition) is 7. The van der Waals surface area contributed by atoms with Crippen LogP contribution in [0.5, 0.6) is 0 Å². The van der Waals surface area contributed by atoms with E-state index >= 15 is 0 Å². The highest BCUT2D eigenvalue weighted by Gasteiger charge is 2.41. The van der Waals surface area contributed by atoms with Gasteiger partial charge in [0.15, 0.2) is 6.10 Å². The quantitative estimate of drug-likeness (QED) is 0.157. The van der Waals surface area contributed by atoms with Crippen LogP contribution in [0.4, 0.5) is 5.69 Å². The monoisotopic (exact) mass is 546 g/mol. The fraction of sp³-hybridized carbons (Fsp3) is 0.355. The number of esters is 2. The molecule has 9 heteroatoms. The minimum atomic E-state index is -0.888. The molecular formula is C31H36N3O6+. The van der Waals surface area contributed by atoms with Crippen molar-refractivity contribution in [2.24, 2.45) is 0 Å². The molecule has 2 aliphatic rings. The van der Waals surface area contributed by atoms with Crippen LogP contribution in [-0.4, -0.2) is 54.2 Å². The predicted octanol–water partition coefficient (Wildman–Crippen LogP) is 4.91. The number of quaternary nitrogens is 1. The highest BCUT2D eigenvalue weighted by atomic mass is 16.6. The minimum absolute atomic E-state index is 0.136. The van der Waals surface area contributed by atoms with Crippen LogP contribution in [0.2, 0.25) is 0 Å². The van der Waals surface area contributed by atoms with Crippen molar-refractivity contribution in [2.75, 3.05) is 26.7 Å². The van der Waals surface area contributed by atoms with E-state index in [9.17, 15) is 19.7 Å². The molecule has 2 aromatic rings. The number of benzene rings is 2. The first-order chi connectivity index (χ1) is 19.2. The normalized spacial score (nSPS) is 22.8. The number of ether oxygens (including phenoxy) is 2. The molecule has 2 aromatic carbocycles. The molecule has 0 aliphatic carbocycles. The van der Waals surface area contributed by atoms with Gasteiger partial charge >= 0.3 is 11.9 Å². The molecule has 210 valence electrons. The zero-order valence-electron chi connectivity index (χ0n) is 23.2. The summed E-state index contributed by atoms with van der Waals surface area (Å²) in [6, 6.07) is 16.2. The molecule has 2 heterocycles. The number of carbonyl (C=O) groups excluding carboxylic acids is 2. The number of rotatable bonds is 9. The Hall–Kier alpha value is -4.24. The summed E-state index contributed by atoms with van der Waals surface area (Å²) in [4.78, 5) is 37.9. The number of methoxy groups -OCH3 is 1. The van der Waals surface area contributed by atoms with Gasteiger partial charge < -0.3 is 19.3 Å². The number of likely N-dealkylation sites (tertiary alicyclic amines) is 1. The summed E-state index contributed by atoms with van der Waals surface area (Å²) in [6.45, 7) is 10.6. The van der Waals surface area contributed by atoms with Gasteiger partial charge in [-0.3, -0.25) is 10.1 Å². The van der Waals surface area contributed by atoms with Crippen molar-refractivity contribution < 1.29 is 28.5 Å². The lowest BCUT2D eigenvalue weighted by atomic mass is 9.80. The first-order valence-corrected chi connectivity index (χ1v) is 13.4. The summed E-state index contributed by atoms with van der Waals surface area (Å²) >= 11 is 0. The number of piperidine rings is 1. The fourth-order valence-electron chi connectivity index (χ4n) is 5.99. The summed E-state index contributed by atoms with van der Waals surface area (Å²) in [5.41, 5.74) is 3.00. The standard InChI is InChI=1S/C31H35N3O6/c1-5-16-34(19-23-11-7-6-8-12-23)17-10-15-26(20-34)40-31(36)28-22(3)32-21(2)27(30(35)39-4)29(28)24-13-9-14-25(18-24)33(37)38/h5-9,11-14,18,26,29H,1,10,15-17,19-20H2,2-4H3/p+1/t26-,29+,34?/m1/s1. The van der Waals surface area contributed by atoms with Crippen LogP contribution in [-0.2, 0) is 25.6 Å². The lowest BCUT2D eigenvalue weighted by Gasteiger charge is -2.43. The van der Waals surface area contributed by atoms with Gasteiger partial charge in [-0.25, -0.2) is 9.59 Å². The molecule has 4 rings (SSSR count). The molecule has 40 heavy (non-hydrogen) atoms. The van der Waals surface area contributed by atoms with E-state index in [1.54, 1.807) is 26.0 Å². The van der Waals surface area contributed by atoms with Crippen molar-refractivity contribution in [3.05, 3.63) is 111 Å². The third kappa shape index (κ3) is 6.15. The molecule has 0 aromatic heterocycles. The lowest BCUT2D eigenvalue weighted by molar-refractivity contribution is -0.942. The molecule has 0 amide bonds. The number of dihydropyridines is 1. The van der Waals surface area contributed by atoms with Gasteiger partial charge in [0.25, 0.3) is 5.69 Å². The zero-order valence-corrected chi connectivity index (χ0v) is 23.2. The molecule has 1 unspecified atom stereocenters. The Morgan fingerprint density at radius 3 is 2.45 bits per heavy atom. The second kappa shape index (κ2) is 12.3. The molecule has 0 radical (unpaired) electrons. The molecule has 1 N–H and O–H groups in total. The van der Waals surface area contributed by atoms with Crippen molar-refractivity contribution in [2.45, 2.75) is 45.3 Å². The molecule has 9 nitrogen and oxygen atoms in total. The molecule has 0 spiro atoms. The number of nitro benzene ring substituents is 1. The van der Waals surface area contributed by atoms with Gasteiger partial charge in [-0.05, 0) is 31.9 Å². The summed E-state index contributed by atoms with van der Waals surface area (Å²) in [7, 11) is 1.27. The highest BCUT2D eigenvalue weighted by Crippen LogP contribution is 2.40. The summed E-state index contributed by atoms with van der Waals surface area (Å²) in [5.74, 6) is -2.07. The summed E-state index contributed by atoms with van der Waals surface area (Å²) in [5, 5.41) is 14.7. The number of hydrogen-bond donors (Lipinski definition) is 1. The van der Waals surface area contributed by atoms with Crippen molar-refractivity contribution in [1.82, 2.24) is 5.32 Å². The number of nitro groups is 1. The van der Waals surface area contributed by atoms with Crippen LogP contribution >= 0.6 is 0 Å². The Morgan fingerprint density at radius 2 is 1.80 bits per heavy atom. The molecule has 0 saturated carbocycles. The average molecular weight is 547 g/mol. The van der Waals surface area contributed by atoms with Crippen molar-refractivity contribution in [3.63, 3.8) is 0 Å². The molecule has 3 atom stereocenters. The van der Waals surface area contributed by atoms with E-state index in [0.717, 1.165) is 37.0 Å². The molecule has 2 aliphatic heterocycles. The van der Waals surface area contributed by atoms with E-state index < -0.39 is 22.8 Å². The third-order valence-corrected chi connectivity index (χ3v) is 7.70. The Balaban J connectivity index is 1.66. The molecule has 1 fully saturated rings. The van der Waals surface area contributed by atoms with Crippen LogP contribution in [0.1, 0.15) is 43.7 Å². The maximum atomic E-state index is 13.9.